The molecule has 0 saturated heterocycles. The van der Waals surface area contributed by atoms with Crippen molar-refractivity contribution in [2.75, 3.05) is 0 Å². The van der Waals surface area contributed by atoms with Crippen molar-refractivity contribution in [3.8, 4) is 0 Å². The van der Waals surface area contributed by atoms with Crippen LogP contribution in [0, 0.1) is 5.92 Å². The minimum Gasteiger partial charge on any atom is -0.305 e. The van der Waals surface area contributed by atoms with E-state index in [1.807, 2.05) is 18.8 Å². The predicted molar refractivity (Wildman–Crippen MR) is 73.5 cm³/mol. The molecule has 7 nitrogen and oxygen atoms in total. The topological polar surface area (TPSA) is 120 Å². The summed E-state index contributed by atoms with van der Waals surface area (Å²) in [6, 6.07) is 2.90. The molecule has 20 heavy (non-hydrogen) atoms. The van der Waals surface area contributed by atoms with Crippen LogP contribution in [0.4, 0.5) is 0 Å². The van der Waals surface area contributed by atoms with Crippen molar-refractivity contribution < 1.29 is 13.0 Å². The molecule has 2 aromatic rings. The van der Waals surface area contributed by atoms with E-state index in [9.17, 15) is 22.6 Å². The van der Waals surface area contributed by atoms with Crippen LogP contribution in [-0.4, -0.2) is 22.9 Å². The van der Waals surface area contributed by atoms with Crippen molar-refractivity contribution in [2.45, 2.75) is 25.2 Å². The summed E-state index contributed by atoms with van der Waals surface area (Å²) in [6.07, 6.45) is 0.389. The van der Waals surface area contributed by atoms with Crippen molar-refractivity contribution in [1.82, 2.24) is 9.97 Å². The van der Waals surface area contributed by atoms with E-state index in [2.05, 4.69) is 4.98 Å². The lowest BCUT2D eigenvalue weighted by molar-refractivity contribution is 0.482. The summed E-state index contributed by atoms with van der Waals surface area (Å²) in [6.45, 7) is 3.77. The zero-order valence-corrected chi connectivity index (χ0v) is 11.7. The Kier molecular flexibility index (Phi) is 3.53. The lowest BCUT2D eigenvalue weighted by Crippen LogP contribution is -2.23. The fraction of sp³-hybridized carbons (Fsp3) is 0.333. The van der Waals surface area contributed by atoms with Crippen LogP contribution in [0.2, 0.25) is 0 Å². The maximum absolute atomic E-state index is 11.7. The Morgan fingerprint density at radius 2 is 1.85 bits per heavy atom. The number of rotatable bonds is 3. The van der Waals surface area contributed by atoms with Crippen molar-refractivity contribution >= 4 is 21.0 Å². The number of benzene rings is 1. The highest BCUT2D eigenvalue weighted by atomic mass is 32.2. The van der Waals surface area contributed by atoms with Crippen LogP contribution in [0.25, 0.3) is 10.9 Å². The van der Waals surface area contributed by atoms with Gasteiger partial charge in [-0.15, -0.1) is 0 Å². The summed E-state index contributed by atoms with van der Waals surface area (Å²) >= 11 is 0. The highest BCUT2D eigenvalue weighted by Crippen LogP contribution is 2.24. The molecule has 0 fully saturated rings. The van der Waals surface area contributed by atoms with Gasteiger partial charge in [-0.25, -0.2) is 4.79 Å². The Balaban J connectivity index is 2.98. The first-order valence-corrected chi connectivity index (χ1v) is 7.40. The van der Waals surface area contributed by atoms with Gasteiger partial charge in [0.15, 0.2) is 0 Å². The van der Waals surface area contributed by atoms with Gasteiger partial charge < -0.3 is 4.98 Å². The Labute approximate surface area is 114 Å². The van der Waals surface area contributed by atoms with Crippen molar-refractivity contribution in [1.29, 1.82) is 0 Å². The van der Waals surface area contributed by atoms with E-state index in [4.69, 9.17) is 0 Å². The first-order valence-electron chi connectivity index (χ1n) is 5.96. The van der Waals surface area contributed by atoms with Gasteiger partial charge in [-0.3, -0.25) is 14.3 Å². The van der Waals surface area contributed by atoms with E-state index >= 15 is 0 Å². The van der Waals surface area contributed by atoms with Crippen LogP contribution < -0.4 is 11.2 Å². The van der Waals surface area contributed by atoms with Crippen molar-refractivity contribution in [3.05, 3.63) is 38.5 Å². The molecule has 108 valence electrons. The quantitative estimate of drug-likeness (QED) is 0.719. The van der Waals surface area contributed by atoms with Crippen LogP contribution in [0.5, 0.6) is 0 Å². The van der Waals surface area contributed by atoms with Crippen LogP contribution in [0.1, 0.15) is 19.4 Å². The molecule has 0 atom stereocenters. The van der Waals surface area contributed by atoms with E-state index in [1.54, 1.807) is 0 Å². The molecule has 0 bridgehead atoms. The minimum absolute atomic E-state index is 0.00438. The van der Waals surface area contributed by atoms with E-state index in [-0.39, 0.29) is 16.8 Å². The molecule has 0 radical (unpaired) electrons. The summed E-state index contributed by atoms with van der Waals surface area (Å²) in [5.74, 6) is 0.140. The molecule has 0 aliphatic heterocycles. The Morgan fingerprint density at radius 1 is 1.20 bits per heavy atom. The SMILES string of the molecule is CC(C)Cc1ccc2c(=O)[nH]c(=O)[nH]c2c1S(=O)(=O)O. The smallest absolute Gasteiger partial charge is 0.305 e. The van der Waals surface area contributed by atoms with Crippen LogP contribution >= 0.6 is 0 Å². The number of nitrogens with one attached hydrogen (secondary N) is 2. The molecule has 1 aromatic heterocycles. The van der Waals surface area contributed by atoms with Gasteiger partial charge in [0.05, 0.1) is 10.9 Å². The van der Waals surface area contributed by atoms with E-state index in [1.165, 1.54) is 12.1 Å². The van der Waals surface area contributed by atoms with Gasteiger partial charge >= 0.3 is 5.69 Å². The predicted octanol–water partition coefficient (Wildman–Crippen LogP) is 0.662. The number of fused-ring (bicyclic) bond motifs is 1. The molecule has 1 heterocycles. The normalized spacial score (nSPS) is 12.2. The average molecular weight is 298 g/mol. The van der Waals surface area contributed by atoms with Gasteiger partial charge in [-0.1, -0.05) is 19.9 Å². The monoisotopic (exact) mass is 298 g/mol. The molecule has 3 N–H and O–H groups in total. The first-order chi connectivity index (χ1) is 9.20. The molecule has 8 heteroatoms. The van der Waals surface area contributed by atoms with Crippen LogP contribution in [-0.2, 0) is 16.5 Å². The van der Waals surface area contributed by atoms with Gasteiger partial charge in [0.25, 0.3) is 15.7 Å². The van der Waals surface area contributed by atoms with Crippen molar-refractivity contribution in [2.24, 2.45) is 5.92 Å². The van der Waals surface area contributed by atoms with Gasteiger partial charge in [0.2, 0.25) is 0 Å². The third kappa shape index (κ3) is 2.66. The van der Waals surface area contributed by atoms with Gasteiger partial charge in [-0.2, -0.15) is 8.42 Å². The van der Waals surface area contributed by atoms with E-state index < -0.39 is 26.3 Å². The molecule has 0 spiro atoms. The number of aromatic amines is 2. The number of H-pyrrole nitrogens is 2. The molecule has 0 unspecified atom stereocenters. The zero-order chi connectivity index (χ0) is 15.1. The Bertz CT molecular complexity index is 877. The summed E-state index contributed by atoms with van der Waals surface area (Å²) in [5.41, 5.74) is -1.34. The molecule has 0 amide bonds. The van der Waals surface area contributed by atoms with Crippen LogP contribution in [0.15, 0.2) is 26.6 Å². The second-order valence-electron chi connectivity index (χ2n) is 4.96. The molecular formula is C12H14N2O5S. The molecule has 1 aromatic carbocycles. The lowest BCUT2D eigenvalue weighted by Gasteiger charge is -2.11. The highest BCUT2D eigenvalue weighted by Gasteiger charge is 2.21. The minimum atomic E-state index is -4.56. The Hall–Kier alpha value is -1.93. The third-order valence-electron chi connectivity index (χ3n) is 2.84. The number of aromatic nitrogens is 2. The standard InChI is InChI=1S/C12H14N2O5S/c1-6(2)5-7-3-4-8-9(10(7)20(17,18)19)13-12(16)14-11(8)15/h3-4,6H,5H2,1-2H3,(H,17,18,19)(H2,13,14,15,16). The third-order valence-corrected chi connectivity index (χ3v) is 3.82. The maximum atomic E-state index is 11.7. The number of hydrogen-bond acceptors (Lipinski definition) is 4. The highest BCUT2D eigenvalue weighted by molar-refractivity contribution is 7.86. The lowest BCUT2D eigenvalue weighted by atomic mass is 10.0. The largest absolute Gasteiger partial charge is 0.326 e. The van der Waals surface area contributed by atoms with Gasteiger partial charge in [-0.05, 0) is 24.0 Å². The second-order valence-corrected chi connectivity index (χ2v) is 6.32. The fourth-order valence-corrected chi connectivity index (χ4v) is 3.05. The zero-order valence-electron chi connectivity index (χ0n) is 10.9. The molecule has 0 aliphatic carbocycles. The van der Waals surface area contributed by atoms with E-state index in [0.29, 0.717) is 12.0 Å². The van der Waals surface area contributed by atoms with Gasteiger partial charge in [0.1, 0.15) is 4.90 Å². The Morgan fingerprint density at radius 3 is 2.40 bits per heavy atom. The van der Waals surface area contributed by atoms with Crippen molar-refractivity contribution in [3.63, 3.8) is 0 Å². The average Bonchev–Trinajstić information content (AvgIpc) is 2.24. The summed E-state index contributed by atoms with van der Waals surface area (Å²) < 4.78 is 32.6. The summed E-state index contributed by atoms with van der Waals surface area (Å²) in [4.78, 5) is 26.9. The first kappa shape index (κ1) is 14.5. The molecule has 2 rings (SSSR count). The number of hydrogen-bond donors (Lipinski definition) is 3. The molecular weight excluding hydrogens is 284 g/mol. The summed E-state index contributed by atoms with van der Waals surface area (Å²) in [7, 11) is -4.56. The van der Waals surface area contributed by atoms with E-state index in [0.717, 1.165) is 0 Å². The van der Waals surface area contributed by atoms with Crippen LogP contribution in [0.3, 0.4) is 0 Å². The van der Waals surface area contributed by atoms with Gasteiger partial charge in [0, 0.05) is 0 Å². The summed E-state index contributed by atoms with van der Waals surface area (Å²) in [5, 5.41) is 0.00438. The maximum Gasteiger partial charge on any atom is 0.326 e. The molecule has 0 aliphatic rings. The molecule has 0 saturated carbocycles. The fourth-order valence-electron chi connectivity index (χ4n) is 2.15. The second kappa shape index (κ2) is 4.88.